The smallest absolute Gasteiger partial charge is 0.303 e. The molecule has 13 heavy (non-hydrogen) atoms. The van der Waals surface area contributed by atoms with Gasteiger partial charge >= 0.3 is 5.97 Å². The zero-order valence-electron chi connectivity index (χ0n) is 7.26. The van der Waals surface area contributed by atoms with Gasteiger partial charge in [0, 0.05) is 13.0 Å². The van der Waals surface area contributed by atoms with E-state index < -0.39 is 5.97 Å². The van der Waals surface area contributed by atoms with Crippen LogP contribution in [0.5, 0.6) is 0 Å². The molecule has 1 heterocycles. The van der Waals surface area contributed by atoms with Crippen LogP contribution in [0.25, 0.3) is 0 Å². The Morgan fingerprint density at radius 1 is 1.38 bits per heavy atom. The number of hydrogen-bond acceptors (Lipinski definition) is 4. The minimum atomic E-state index is -0.734. The van der Waals surface area contributed by atoms with E-state index >= 15 is 0 Å². The molecule has 1 rings (SSSR count). The molecule has 0 amide bonds. The molecule has 1 aromatic heterocycles. The minimum Gasteiger partial charge on any atom is -0.481 e. The number of unbranched alkanes of at least 4 members (excludes halogenated alkanes) is 2. The lowest BCUT2D eigenvalue weighted by molar-refractivity contribution is -0.137. The normalized spacial score (nSPS) is 10.2. The number of rotatable bonds is 6. The number of carboxylic acid groups (broad SMARTS) is 1. The van der Waals surface area contributed by atoms with Gasteiger partial charge in [0.2, 0.25) is 0 Å². The Hall–Kier alpha value is -1.46. The van der Waals surface area contributed by atoms with E-state index in [0.717, 1.165) is 25.8 Å². The van der Waals surface area contributed by atoms with Gasteiger partial charge in [0.25, 0.3) is 0 Å². The fourth-order valence-corrected chi connectivity index (χ4v) is 1.01. The number of carbonyl (C=O) groups is 1. The molecule has 0 saturated heterocycles. The van der Waals surface area contributed by atoms with Crippen LogP contribution in [0.4, 0.5) is 0 Å². The zero-order chi connectivity index (χ0) is 9.52. The van der Waals surface area contributed by atoms with Crippen LogP contribution in [0.3, 0.4) is 0 Å². The maximum absolute atomic E-state index is 10.2. The minimum absolute atomic E-state index is 0.246. The number of carboxylic acids is 1. The van der Waals surface area contributed by atoms with E-state index in [4.69, 9.17) is 5.11 Å². The van der Waals surface area contributed by atoms with Crippen molar-refractivity contribution in [3.05, 3.63) is 6.33 Å². The predicted molar refractivity (Wildman–Crippen MR) is 43.9 cm³/mol. The molecular weight excluding hydrogens is 172 g/mol. The van der Waals surface area contributed by atoms with Gasteiger partial charge < -0.3 is 5.11 Å². The molecule has 0 bridgehead atoms. The number of aryl methyl sites for hydroxylation is 1. The number of nitrogens with zero attached hydrogens (tertiary/aromatic N) is 4. The third-order valence-electron chi connectivity index (χ3n) is 1.67. The van der Waals surface area contributed by atoms with E-state index in [1.807, 2.05) is 0 Å². The summed E-state index contributed by atoms with van der Waals surface area (Å²) in [5.74, 6) is -0.734. The molecule has 1 aromatic rings. The second kappa shape index (κ2) is 5.23. The molecule has 0 unspecified atom stereocenters. The maximum atomic E-state index is 10.2. The Kier molecular flexibility index (Phi) is 3.87. The molecule has 0 aliphatic rings. The van der Waals surface area contributed by atoms with Crippen molar-refractivity contribution in [3.63, 3.8) is 0 Å². The van der Waals surface area contributed by atoms with Crippen LogP contribution in [-0.2, 0) is 11.3 Å². The molecular formula is C7H12N4O2. The van der Waals surface area contributed by atoms with Gasteiger partial charge in [-0.15, -0.1) is 5.10 Å². The van der Waals surface area contributed by atoms with Crippen molar-refractivity contribution in [1.29, 1.82) is 0 Å². The van der Waals surface area contributed by atoms with Crippen LogP contribution in [-0.4, -0.2) is 31.3 Å². The first kappa shape index (κ1) is 9.63. The van der Waals surface area contributed by atoms with Crippen LogP contribution in [0, 0.1) is 0 Å². The van der Waals surface area contributed by atoms with Crippen molar-refractivity contribution in [2.45, 2.75) is 32.2 Å². The van der Waals surface area contributed by atoms with Gasteiger partial charge in [-0.2, -0.15) is 0 Å². The Bertz CT molecular complexity index is 247. The van der Waals surface area contributed by atoms with Gasteiger partial charge in [-0.3, -0.25) is 4.79 Å². The molecule has 0 fully saturated rings. The quantitative estimate of drug-likeness (QED) is 0.644. The van der Waals surface area contributed by atoms with Gasteiger partial charge in [0.15, 0.2) is 0 Å². The summed E-state index contributed by atoms with van der Waals surface area (Å²) >= 11 is 0. The fraction of sp³-hybridized carbons (Fsp3) is 0.714. The third kappa shape index (κ3) is 4.19. The Balaban J connectivity index is 1.99. The summed E-state index contributed by atoms with van der Waals surface area (Å²) in [7, 11) is 0. The highest BCUT2D eigenvalue weighted by atomic mass is 16.4. The van der Waals surface area contributed by atoms with Crippen LogP contribution in [0.1, 0.15) is 25.7 Å². The van der Waals surface area contributed by atoms with Crippen molar-refractivity contribution in [1.82, 2.24) is 20.2 Å². The fourth-order valence-electron chi connectivity index (χ4n) is 1.01. The van der Waals surface area contributed by atoms with E-state index in [0.29, 0.717) is 0 Å². The van der Waals surface area contributed by atoms with Crippen LogP contribution in [0.2, 0.25) is 0 Å². The zero-order valence-corrected chi connectivity index (χ0v) is 7.26. The monoisotopic (exact) mass is 184 g/mol. The van der Waals surface area contributed by atoms with E-state index in [1.165, 1.54) is 0 Å². The topological polar surface area (TPSA) is 80.9 Å². The van der Waals surface area contributed by atoms with E-state index in [9.17, 15) is 4.79 Å². The second-order valence-electron chi connectivity index (χ2n) is 2.78. The molecule has 0 aliphatic carbocycles. The van der Waals surface area contributed by atoms with Crippen molar-refractivity contribution >= 4 is 5.97 Å². The number of aromatic nitrogens is 4. The maximum Gasteiger partial charge on any atom is 0.303 e. The molecule has 6 heteroatoms. The Morgan fingerprint density at radius 2 is 2.23 bits per heavy atom. The van der Waals surface area contributed by atoms with Gasteiger partial charge in [0.05, 0.1) is 0 Å². The van der Waals surface area contributed by atoms with Crippen molar-refractivity contribution < 1.29 is 9.90 Å². The first-order valence-corrected chi connectivity index (χ1v) is 4.21. The molecule has 6 nitrogen and oxygen atoms in total. The lowest BCUT2D eigenvalue weighted by Crippen LogP contribution is -1.99. The molecule has 72 valence electrons. The molecule has 1 N–H and O–H groups in total. The largest absolute Gasteiger partial charge is 0.481 e. The van der Waals surface area contributed by atoms with Crippen LogP contribution < -0.4 is 0 Å². The first-order valence-electron chi connectivity index (χ1n) is 4.21. The predicted octanol–water partition coefficient (Wildman–Crippen LogP) is 0.318. The summed E-state index contributed by atoms with van der Waals surface area (Å²) in [5.41, 5.74) is 0. The lowest BCUT2D eigenvalue weighted by Gasteiger charge is -1.97. The lowest BCUT2D eigenvalue weighted by atomic mass is 10.2. The highest BCUT2D eigenvalue weighted by Crippen LogP contribution is 2.00. The van der Waals surface area contributed by atoms with E-state index in [-0.39, 0.29) is 6.42 Å². The summed E-state index contributed by atoms with van der Waals surface area (Å²) in [6, 6.07) is 0. The second-order valence-corrected chi connectivity index (χ2v) is 2.78. The summed E-state index contributed by atoms with van der Waals surface area (Å²) < 4.78 is 1.64. The molecule has 0 atom stereocenters. The van der Waals surface area contributed by atoms with Crippen LogP contribution >= 0.6 is 0 Å². The van der Waals surface area contributed by atoms with Gasteiger partial charge in [-0.1, -0.05) is 6.42 Å². The molecule has 0 saturated carbocycles. The number of tetrazole rings is 1. The molecule has 0 radical (unpaired) electrons. The molecule has 0 aliphatic heterocycles. The Labute approximate surface area is 75.6 Å². The Morgan fingerprint density at radius 3 is 2.85 bits per heavy atom. The first-order chi connectivity index (χ1) is 6.29. The summed E-state index contributed by atoms with van der Waals surface area (Å²) in [6.45, 7) is 0.757. The third-order valence-corrected chi connectivity index (χ3v) is 1.67. The van der Waals surface area contributed by atoms with Crippen LogP contribution in [0.15, 0.2) is 6.33 Å². The van der Waals surface area contributed by atoms with Crippen molar-refractivity contribution in [2.24, 2.45) is 0 Å². The van der Waals surface area contributed by atoms with Gasteiger partial charge in [-0.05, 0) is 23.3 Å². The van der Waals surface area contributed by atoms with Gasteiger partial charge in [0.1, 0.15) is 6.33 Å². The summed E-state index contributed by atoms with van der Waals surface area (Å²) in [4.78, 5) is 10.2. The molecule has 0 spiro atoms. The highest BCUT2D eigenvalue weighted by molar-refractivity contribution is 5.66. The SMILES string of the molecule is O=C(O)CCCCCn1cnnn1. The number of aliphatic carboxylic acids is 1. The average Bonchev–Trinajstić information content (AvgIpc) is 2.55. The van der Waals surface area contributed by atoms with Crippen molar-refractivity contribution in [3.8, 4) is 0 Å². The standard InChI is InChI=1S/C7H12N4O2/c12-7(13)4-2-1-3-5-11-6-8-9-10-11/h6H,1-5H2,(H,12,13). The summed E-state index contributed by atoms with van der Waals surface area (Å²) in [5, 5.41) is 19.0. The van der Waals surface area contributed by atoms with Gasteiger partial charge in [-0.25, -0.2) is 4.68 Å². The van der Waals surface area contributed by atoms with E-state index in [2.05, 4.69) is 15.5 Å². The van der Waals surface area contributed by atoms with Crippen molar-refractivity contribution in [2.75, 3.05) is 0 Å². The average molecular weight is 184 g/mol. The molecule has 0 aromatic carbocycles. The highest BCUT2D eigenvalue weighted by Gasteiger charge is 1.97. The number of hydrogen-bond donors (Lipinski definition) is 1. The summed E-state index contributed by atoms with van der Waals surface area (Å²) in [6.07, 6.45) is 4.33. The van der Waals surface area contributed by atoms with E-state index in [1.54, 1.807) is 11.0 Å².